The molecule has 0 saturated carbocycles. The third-order valence-corrected chi connectivity index (χ3v) is 1.93. The van der Waals surface area contributed by atoms with Crippen molar-refractivity contribution in [2.45, 2.75) is 0 Å². The summed E-state index contributed by atoms with van der Waals surface area (Å²) in [6.07, 6.45) is 0. The van der Waals surface area contributed by atoms with Crippen molar-refractivity contribution in [2.24, 2.45) is 0 Å². The van der Waals surface area contributed by atoms with Gasteiger partial charge in [-0.2, -0.15) is 0 Å². The van der Waals surface area contributed by atoms with Crippen LogP contribution in [0.3, 0.4) is 0 Å². The Balaban J connectivity index is 2.88. The molecule has 15 heavy (non-hydrogen) atoms. The Morgan fingerprint density at radius 1 is 1.47 bits per heavy atom. The summed E-state index contributed by atoms with van der Waals surface area (Å²) in [4.78, 5) is 5.13. The van der Waals surface area contributed by atoms with Crippen molar-refractivity contribution < 1.29 is 13.5 Å². The minimum absolute atomic E-state index is 0.0194. The van der Waals surface area contributed by atoms with Crippen LogP contribution in [0.1, 0.15) is 0 Å². The number of pyridine rings is 1. The number of nitrogen functional groups attached to an aromatic ring is 1. The van der Waals surface area contributed by atoms with E-state index >= 15 is 0 Å². The zero-order valence-corrected chi connectivity index (χ0v) is 8.63. The Hall–Kier alpha value is -1.43. The fourth-order valence-corrected chi connectivity index (χ4v) is 1.07. The van der Waals surface area contributed by atoms with Crippen molar-refractivity contribution in [2.75, 3.05) is 37.9 Å². The summed E-state index contributed by atoms with van der Waals surface area (Å²) in [5.74, 6) is -1.88. The number of anilines is 2. The van der Waals surface area contributed by atoms with Crippen LogP contribution < -0.4 is 10.6 Å². The number of likely N-dealkylation sites (N-methyl/N-ethyl adjacent to an activating group) is 1. The Morgan fingerprint density at radius 3 is 2.73 bits per heavy atom. The molecule has 0 unspecified atom stereocenters. The van der Waals surface area contributed by atoms with Crippen LogP contribution in [0.25, 0.3) is 0 Å². The van der Waals surface area contributed by atoms with Gasteiger partial charge in [-0.25, -0.2) is 13.8 Å². The number of rotatable bonds is 4. The predicted molar refractivity (Wildman–Crippen MR) is 53.7 cm³/mol. The van der Waals surface area contributed by atoms with E-state index in [1.54, 1.807) is 7.05 Å². The van der Waals surface area contributed by atoms with Crippen molar-refractivity contribution in [3.8, 4) is 0 Å². The number of hydrogen-bond acceptors (Lipinski definition) is 4. The molecular weight excluding hydrogens is 204 g/mol. The topological polar surface area (TPSA) is 51.4 Å². The summed E-state index contributed by atoms with van der Waals surface area (Å²) in [5.41, 5.74) is 5.25. The second-order valence-corrected chi connectivity index (χ2v) is 3.08. The maximum absolute atomic E-state index is 13.3. The van der Waals surface area contributed by atoms with Crippen LogP contribution in [0.5, 0.6) is 0 Å². The van der Waals surface area contributed by atoms with Crippen LogP contribution >= 0.6 is 0 Å². The van der Waals surface area contributed by atoms with E-state index in [-0.39, 0.29) is 11.6 Å². The molecule has 0 radical (unpaired) electrons. The fourth-order valence-electron chi connectivity index (χ4n) is 1.07. The van der Waals surface area contributed by atoms with Gasteiger partial charge in [-0.05, 0) is 0 Å². The van der Waals surface area contributed by atoms with Crippen LogP contribution in [0, 0.1) is 11.6 Å². The fraction of sp³-hybridized carbons (Fsp3) is 0.444. The van der Waals surface area contributed by atoms with Gasteiger partial charge in [0, 0.05) is 26.8 Å². The molecule has 0 amide bonds. The Labute approximate surface area is 86.7 Å². The number of nitrogens with zero attached hydrogens (tertiary/aromatic N) is 2. The SMILES string of the molecule is COCCN(C)c1nc(N)c(F)cc1F. The van der Waals surface area contributed by atoms with Crippen molar-refractivity contribution >= 4 is 11.6 Å². The molecule has 0 saturated heterocycles. The molecule has 2 N–H and O–H groups in total. The largest absolute Gasteiger partial charge is 0.383 e. The van der Waals surface area contributed by atoms with Crippen LogP contribution in [-0.2, 0) is 4.74 Å². The first-order valence-corrected chi connectivity index (χ1v) is 4.38. The summed E-state index contributed by atoms with van der Waals surface area (Å²) in [7, 11) is 3.17. The van der Waals surface area contributed by atoms with E-state index < -0.39 is 11.6 Å². The van der Waals surface area contributed by atoms with Gasteiger partial charge >= 0.3 is 0 Å². The molecule has 1 aromatic heterocycles. The summed E-state index contributed by atoms with van der Waals surface area (Å²) in [5, 5.41) is 0. The van der Waals surface area contributed by atoms with Gasteiger partial charge in [0.25, 0.3) is 0 Å². The Morgan fingerprint density at radius 2 is 2.13 bits per heavy atom. The summed E-state index contributed by atoms with van der Waals surface area (Å²) in [6, 6.07) is 0.723. The van der Waals surface area contributed by atoms with Crippen LogP contribution in [-0.4, -0.2) is 32.3 Å². The number of hydrogen-bond donors (Lipinski definition) is 1. The number of ether oxygens (including phenoxy) is 1. The van der Waals surface area contributed by atoms with Gasteiger partial charge in [-0.3, -0.25) is 0 Å². The molecule has 0 aromatic carbocycles. The number of nitrogens with two attached hydrogens (primary N) is 1. The summed E-state index contributed by atoms with van der Waals surface area (Å²) in [6.45, 7) is 0.875. The second kappa shape index (κ2) is 4.88. The van der Waals surface area contributed by atoms with Gasteiger partial charge in [0.1, 0.15) is 0 Å². The van der Waals surface area contributed by atoms with E-state index in [0.29, 0.717) is 13.2 Å². The molecule has 0 atom stereocenters. The minimum Gasteiger partial charge on any atom is -0.383 e. The van der Waals surface area contributed by atoms with Crippen molar-refractivity contribution in [3.05, 3.63) is 17.7 Å². The Bertz CT molecular complexity index is 346. The van der Waals surface area contributed by atoms with Gasteiger partial charge in [0.2, 0.25) is 0 Å². The minimum atomic E-state index is -0.851. The lowest BCUT2D eigenvalue weighted by Crippen LogP contribution is -2.24. The second-order valence-electron chi connectivity index (χ2n) is 3.08. The normalized spacial score (nSPS) is 10.4. The number of methoxy groups -OCH3 is 1. The van der Waals surface area contributed by atoms with E-state index in [4.69, 9.17) is 10.5 Å². The average molecular weight is 217 g/mol. The van der Waals surface area contributed by atoms with Gasteiger partial charge in [0.15, 0.2) is 23.3 Å². The highest BCUT2D eigenvalue weighted by Crippen LogP contribution is 2.19. The molecule has 0 aliphatic rings. The predicted octanol–water partition coefficient (Wildman–Crippen LogP) is 1.02. The van der Waals surface area contributed by atoms with Crippen LogP contribution in [0.15, 0.2) is 6.07 Å². The van der Waals surface area contributed by atoms with E-state index in [0.717, 1.165) is 6.07 Å². The first kappa shape index (κ1) is 11.6. The monoisotopic (exact) mass is 217 g/mol. The molecular formula is C9H13F2N3O. The quantitative estimate of drug-likeness (QED) is 0.818. The molecule has 1 heterocycles. The molecule has 0 bridgehead atoms. The first-order chi connectivity index (χ1) is 7.06. The lowest BCUT2D eigenvalue weighted by molar-refractivity contribution is 0.206. The van der Waals surface area contributed by atoms with E-state index in [9.17, 15) is 8.78 Å². The number of aromatic nitrogens is 1. The molecule has 0 spiro atoms. The third kappa shape index (κ3) is 2.76. The van der Waals surface area contributed by atoms with Gasteiger partial charge < -0.3 is 15.4 Å². The van der Waals surface area contributed by atoms with E-state index in [1.807, 2.05) is 0 Å². The lowest BCUT2D eigenvalue weighted by atomic mass is 10.4. The first-order valence-electron chi connectivity index (χ1n) is 4.38. The highest BCUT2D eigenvalue weighted by molar-refractivity contribution is 5.46. The molecule has 1 aromatic rings. The molecule has 0 fully saturated rings. The highest BCUT2D eigenvalue weighted by Gasteiger charge is 2.13. The molecule has 4 nitrogen and oxygen atoms in total. The zero-order valence-electron chi connectivity index (χ0n) is 8.63. The molecule has 1 rings (SSSR count). The smallest absolute Gasteiger partial charge is 0.168 e. The van der Waals surface area contributed by atoms with E-state index in [1.165, 1.54) is 12.0 Å². The highest BCUT2D eigenvalue weighted by atomic mass is 19.1. The van der Waals surface area contributed by atoms with Gasteiger partial charge in [-0.15, -0.1) is 0 Å². The Kier molecular flexibility index (Phi) is 3.79. The molecule has 6 heteroatoms. The third-order valence-electron chi connectivity index (χ3n) is 1.93. The van der Waals surface area contributed by atoms with Crippen molar-refractivity contribution in [1.29, 1.82) is 0 Å². The molecule has 0 aliphatic carbocycles. The lowest BCUT2D eigenvalue weighted by Gasteiger charge is -2.18. The van der Waals surface area contributed by atoms with Gasteiger partial charge in [0.05, 0.1) is 6.61 Å². The molecule has 0 aliphatic heterocycles. The van der Waals surface area contributed by atoms with Crippen LogP contribution in [0.4, 0.5) is 20.4 Å². The maximum Gasteiger partial charge on any atom is 0.168 e. The van der Waals surface area contributed by atoms with Crippen LogP contribution in [0.2, 0.25) is 0 Å². The molecule has 84 valence electrons. The van der Waals surface area contributed by atoms with Crippen molar-refractivity contribution in [1.82, 2.24) is 4.98 Å². The zero-order chi connectivity index (χ0) is 11.4. The maximum atomic E-state index is 13.3. The van der Waals surface area contributed by atoms with Crippen molar-refractivity contribution in [3.63, 3.8) is 0 Å². The number of halogens is 2. The average Bonchev–Trinajstić information content (AvgIpc) is 2.20. The van der Waals surface area contributed by atoms with Gasteiger partial charge in [-0.1, -0.05) is 0 Å². The summed E-state index contributed by atoms with van der Waals surface area (Å²) < 4.78 is 30.9. The summed E-state index contributed by atoms with van der Waals surface area (Å²) >= 11 is 0. The van der Waals surface area contributed by atoms with E-state index in [2.05, 4.69) is 4.98 Å². The standard InChI is InChI=1S/C9H13F2N3O/c1-14(3-4-15-2)9-7(11)5-6(10)8(12)13-9/h5H,3-4H2,1-2H3,(H2,12,13).